The highest BCUT2D eigenvalue weighted by atomic mass is 16.6. The highest BCUT2D eigenvalue weighted by Gasteiger charge is 2.57. The number of hydrogen-bond acceptors (Lipinski definition) is 12. The molecular formula is C52H78O12. The lowest BCUT2D eigenvalue weighted by molar-refractivity contribution is -0.316. The van der Waals surface area contributed by atoms with E-state index < -0.39 is 17.3 Å². The zero-order chi connectivity index (χ0) is 44.7. The van der Waals surface area contributed by atoms with Crippen LogP contribution in [0.4, 0.5) is 0 Å². The zero-order valence-corrected chi connectivity index (χ0v) is 39.6. The normalized spacial score (nSPS) is 52.8. The molecule has 358 valence electrons. The van der Waals surface area contributed by atoms with Crippen LogP contribution >= 0.6 is 0 Å². The summed E-state index contributed by atoms with van der Waals surface area (Å²) in [5.41, 5.74) is 0.0579. The van der Waals surface area contributed by atoms with Crippen molar-refractivity contribution in [2.24, 2.45) is 17.3 Å². The van der Waals surface area contributed by atoms with E-state index in [0.29, 0.717) is 38.0 Å². The van der Waals surface area contributed by atoms with Gasteiger partial charge in [0, 0.05) is 25.7 Å². The molecule has 12 nitrogen and oxygen atoms in total. The quantitative estimate of drug-likeness (QED) is 0.215. The summed E-state index contributed by atoms with van der Waals surface area (Å²) < 4.78 is 68.7. The number of carbonyl (C=O) groups is 1. The maximum Gasteiger partial charge on any atom is 0.308 e. The van der Waals surface area contributed by atoms with Gasteiger partial charge in [-0.3, -0.25) is 4.79 Å². The van der Waals surface area contributed by atoms with Crippen molar-refractivity contribution in [2.75, 3.05) is 0 Å². The van der Waals surface area contributed by atoms with Crippen LogP contribution in [0.1, 0.15) is 145 Å². The molecule has 0 aromatic heterocycles. The molecule has 0 amide bonds. The van der Waals surface area contributed by atoms with Gasteiger partial charge in [0.2, 0.25) is 0 Å². The van der Waals surface area contributed by atoms with Gasteiger partial charge in [0.15, 0.2) is 0 Å². The van der Waals surface area contributed by atoms with Crippen molar-refractivity contribution in [1.29, 1.82) is 0 Å². The highest BCUT2D eigenvalue weighted by Crippen LogP contribution is 2.49. The summed E-state index contributed by atoms with van der Waals surface area (Å²) >= 11 is 0. The van der Waals surface area contributed by atoms with Crippen LogP contribution in [0, 0.1) is 17.3 Å². The van der Waals surface area contributed by atoms with Crippen LogP contribution in [-0.4, -0.2) is 132 Å². The maximum absolute atomic E-state index is 12.4. The number of fused-ring (bicyclic) bond motifs is 9. The minimum absolute atomic E-state index is 0.0104. The van der Waals surface area contributed by atoms with Gasteiger partial charge in [0.05, 0.1) is 103 Å². The molecule has 22 atom stereocenters. The predicted octanol–water partition coefficient (Wildman–Crippen LogP) is 7.80. The fraction of sp³-hybridized carbons (Fsp3) is 0.865. The van der Waals surface area contributed by atoms with Gasteiger partial charge >= 0.3 is 5.97 Å². The fourth-order valence-electron chi connectivity index (χ4n) is 13.4. The fourth-order valence-corrected chi connectivity index (χ4v) is 13.4. The summed E-state index contributed by atoms with van der Waals surface area (Å²) in [7, 11) is 0. The van der Waals surface area contributed by atoms with E-state index in [2.05, 4.69) is 79.3 Å². The predicted molar refractivity (Wildman–Crippen MR) is 238 cm³/mol. The van der Waals surface area contributed by atoms with Crippen molar-refractivity contribution in [3.8, 4) is 0 Å². The Morgan fingerprint density at radius 3 is 2.19 bits per heavy atom. The third-order valence-corrected chi connectivity index (χ3v) is 17.0. The number of aliphatic hydroxyl groups is 1. The second-order valence-electron chi connectivity index (χ2n) is 23.3. The smallest absolute Gasteiger partial charge is 0.308 e. The molecule has 12 heteroatoms. The van der Waals surface area contributed by atoms with E-state index in [-0.39, 0.29) is 121 Å². The molecule has 10 rings (SSSR count). The van der Waals surface area contributed by atoms with Gasteiger partial charge in [-0.15, -0.1) is 0 Å². The van der Waals surface area contributed by atoms with E-state index in [1.807, 2.05) is 0 Å². The summed E-state index contributed by atoms with van der Waals surface area (Å²) in [5.74, 6) is 0.359. The number of aliphatic hydroxyl groups excluding tert-OH is 1. The molecule has 8 saturated heterocycles. The molecule has 10 aliphatic heterocycles. The molecule has 0 aromatic carbocycles. The lowest BCUT2D eigenvalue weighted by Gasteiger charge is -2.55. The number of hydrogen-bond donors (Lipinski definition) is 1. The van der Waals surface area contributed by atoms with Gasteiger partial charge in [0.25, 0.3) is 0 Å². The molecule has 10 heterocycles. The molecule has 1 N–H and O–H groups in total. The molecule has 0 saturated carbocycles. The molecule has 0 bridgehead atoms. The van der Waals surface area contributed by atoms with E-state index in [9.17, 15) is 9.90 Å². The summed E-state index contributed by atoms with van der Waals surface area (Å²) in [5, 5.41) is 11.4. The number of esters is 1. The van der Waals surface area contributed by atoms with Crippen molar-refractivity contribution in [3.63, 3.8) is 0 Å². The topological polar surface area (TPSA) is 130 Å². The first-order valence-electron chi connectivity index (χ1n) is 25.3. The number of carbonyl (C=O) groups excluding carboxylic acids is 1. The second-order valence-corrected chi connectivity index (χ2v) is 23.3. The van der Waals surface area contributed by atoms with Crippen LogP contribution < -0.4 is 0 Å². The Hall–Kier alpha value is -1.71. The lowest BCUT2D eigenvalue weighted by atomic mass is 9.78. The molecule has 8 fully saturated rings. The maximum atomic E-state index is 12.4. The van der Waals surface area contributed by atoms with Crippen LogP contribution in [0.5, 0.6) is 0 Å². The number of rotatable bonds is 2. The minimum atomic E-state index is -0.602. The van der Waals surface area contributed by atoms with Crippen molar-refractivity contribution in [3.05, 3.63) is 36.5 Å². The molecule has 0 aromatic rings. The van der Waals surface area contributed by atoms with Crippen LogP contribution in [0.25, 0.3) is 0 Å². The SMILES string of the molecule is C=C(C[C@@H]1C[C@H](O)C2OC3C[C@]4(C)OC5/C=C\CC6OC7C(C/C=C\CC6OC5CCCC4OC3CC2O1)OC1CC2OC3CC(=O)OC3C[C@@H](C)C[C@@]2(C)OC1C[C@@H]7C)C(C)(C)C. The van der Waals surface area contributed by atoms with Crippen molar-refractivity contribution in [2.45, 2.75) is 266 Å². The molecule has 16 unspecified atom stereocenters. The Kier molecular flexibility index (Phi) is 12.9. The van der Waals surface area contributed by atoms with Crippen LogP contribution in [0.2, 0.25) is 0 Å². The molecule has 64 heavy (non-hydrogen) atoms. The van der Waals surface area contributed by atoms with Crippen LogP contribution in [0.3, 0.4) is 0 Å². The van der Waals surface area contributed by atoms with Crippen LogP contribution in [-0.2, 0) is 52.2 Å². The van der Waals surface area contributed by atoms with E-state index in [4.69, 9.17) is 47.4 Å². The Balaban J connectivity index is 0.808. The Bertz CT molecular complexity index is 1760. The van der Waals surface area contributed by atoms with E-state index in [0.717, 1.165) is 69.8 Å². The zero-order valence-electron chi connectivity index (χ0n) is 39.6. The monoisotopic (exact) mass is 895 g/mol. The van der Waals surface area contributed by atoms with Gasteiger partial charge in [-0.2, -0.15) is 0 Å². The van der Waals surface area contributed by atoms with Crippen molar-refractivity contribution < 1.29 is 57.3 Å². The summed E-state index contributed by atoms with van der Waals surface area (Å²) in [4.78, 5) is 12.4. The molecular weight excluding hydrogens is 817 g/mol. The highest BCUT2D eigenvalue weighted by molar-refractivity contribution is 5.72. The van der Waals surface area contributed by atoms with Gasteiger partial charge < -0.3 is 52.5 Å². The average molecular weight is 895 g/mol. The van der Waals surface area contributed by atoms with Crippen molar-refractivity contribution >= 4 is 5.97 Å². The Labute approximate surface area is 381 Å². The number of ether oxygens (including phenoxy) is 10. The third kappa shape index (κ3) is 9.26. The lowest BCUT2D eigenvalue weighted by Crippen LogP contribution is -2.65. The minimum Gasteiger partial charge on any atom is -0.459 e. The molecule has 10 aliphatic rings. The van der Waals surface area contributed by atoms with Gasteiger partial charge in [-0.25, -0.2) is 0 Å². The largest absolute Gasteiger partial charge is 0.459 e. The van der Waals surface area contributed by atoms with Crippen molar-refractivity contribution in [1.82, 2.24) is 0 Å². The summed E-state index contributed by atoms with van der Waals surface area (Å²) in [6.45, 7) is 19.8. The third-order valence-electron chi connectivity index (χ3n) is 17.0. The average Bonchev–Trinajstić information content (AvgIpc) is 3.52. The van der Waals surface area contributed by atoms with Gasteiger partial charge in [-0.05, 0) is 95.3 Å². The van der Waals surface area contributed by atoms with Gasteiger partial charge in [0.1, 0.15) is 24.4 Å². The van der Waals surface area contributed by atoms with E-state index in [1.165, 1.54) is 0 Å². The van der Waals surface area contributed by atoms with Gasteiger partial charge in [-0.1, -0.05) is 71.1 Å². The molecule has 0 spiro atoms. The Morgan fingerprint density at radius 1 is 0.672 bits per heavy atom. The van der Waals surface area contributed by atoms with Crippen LogP contribution in [0.15, 0.2) is 36.5 Å². The first-order valence-corrected chi connectivity index (χ1v) is 25.3. The first-order chi connectivity index (χ1) is 30.5. The standard InChI is InChI=1S/C52H78O12/c1-28-19-38-41(25-47(54)60-38)59-46-24-40-42(64-51(46,7)26-28)20-29(2)48-37(57-40)14-10-9-13-33-34(61-48)15-11-17-36-35(56-33)16-12-18-45-52(8,63-36)27-44-39(58-45)23-43-49(62-44)32(53)22-31(55-43)21-30(3)50(4,5)6/h9-11,17,28-29,31-46,48-49,53H,3,12-16,18-27H2,1-2,4-8H3/b10-9-,17-11-/t28-,29+,31-,32+,33?,34?,35?,36?,37?,38?,39?,40?,41?,42?,43?,44?,45?,46?,48?,49?,51-,52+/m1/s1. The Morgan fingerprint density at radius 2 is 1.38 bits per heavy atom. The second kappa shape index (κ2) is 18.0. The van der Waals surface area contributed by atoms with E-state index in [1.54, 1.807) is 0 Å². The summed E-state index contributed by atoms with van der Waals surface area (Å²) in [6.07, 6.45) is 16.6. The molecule has 0 radical (unpaired) electrons. The van der Waals surface area contributed by atoms with E-state index >= 15 is 0 Å². The first kappa shape index (κ1) is 46.0. The molecule has 0 aliphatic carbocycles. The summed E-state index contributed by atoms with van der Waals surface area (Å²) in [6, 6.07) is 0.